The number of likely N-dealkylation sites (tertiary alicyclic amines) is 1. The highest BCUT2D eigenvalue weighted by atomic mass is 16.5. The van der Waals surface area contributed by atoms with E-state index in [-0.39, 0.29) is 17.4 Å². The average Bonchev–Trinajstić information content (AvgIpc) is 3.63. The molecule has 2 aromatic carbocycles. The minimum absolute atomic E-state index is 0.0570. The first-order valence-electron chi connectivity index (χ1n) is 13.2. The number of nitrogens with zero attached hydrogens (tertiary/aromatic N) is 3. The van der Waals surface area contributed by atoms with Crippen LogP contribution in [0.15, 0.2) is 66.8 Å². The van der Waals surface area contributed by atoms with Crippen molar-refractivity contribution in [1.29, 1.82) is 0 Å². The molecule has 8 heteroatoms. The zero-order valence-electron chi connectivity index (χ0n) is 21.8. The molecule has 0 radical (unpaired) electrons. The first-order valence-corrected chi connectivity index (χ1v) is 13.2. The fourth-order valence-electron chi connectivity index (χ4n) is 5.11. The van der Waals surface area contributed by atoms with E-state index in [1.54, 1.807) is 23.5 Å². The summed E-state index contributed by atoms with van der Waals surface area (Å²) >= 11 is 0. The lowest BCUT2D eigenvalue weighted by atomic mass is 9.94. The summed E-state index contributed by atoms with van der Waals surface area (Å²) in [5, 5.41) is 11.4. The maximum absolute atomic E-state index is 13.4. The number of unbranched alkanes of at least 4 members (excludes halogenated alkanes) is 1. The number of fused-ring (bicyclic) bond motifs is 1. The Morgan fingerprint density at radius 3 is 2.68 bits per heavy atom. The Balaban J connectivity index is 1.48. The lowest BCUT2D eigenvalue weighted by molar-refractivity contribution is -0.139. The molecule has 38 heavy (non-hydrogen) atoms. The molecule has 2 aliphatic heterocycles. The zero-order chi connectivity index (χ0) is 26.6. The number of benzene rings is 2. The number of aryl methyl sites for hydroxylation is 1. The van der Waals surface area contributed by atoms with Gasteiger partial charge in [0.25, 0.3) is 11.7 Å². The number of carbonyl (C=O) groups excluding carboxylic acids is 2. The van der Waals surface area contributed by atoms with E-state index >= 15 is 0 Å². The topological polar surface area (TPSA) is 93.9 Å². The van der Waals surface area contributed by atoms with Crippen molar-refractivity contribution in [3.8, 4) is 11.5 Å². The van der Waals surface area contributed by atoms with Crippen LogP contribution in [0.2, 0.25) is 0 Å². The van der Waals surface area contributed by atoms with Gasteiger partial charge in [-0.2, -0.15) is 0 Å². The van der Waals surface area contributed by atoms with Crippen LogP contribution in [0.25, 0.3) is 5.76 Å². The highest BCUT2D eigenvalue weighted by molar-refractivity contribution is 6.46. The largest absolute Gasteiger partial charge is 0.507 e. The SMILES string of the molecule is CCCCOc1ccc(C2/C(=C(\O)c3ccc4c(c3)CC(C)O4)C(=O)C(=O)N2CCCn2ccnc2)cc1. The number of ether oxygens (including phenoxy) is 2. The molecular formula is C30H33N3O5. The summed E-state index contributed by atoms with van der Waals surface area (Å²) in [6, 6.07) is 12.1. The average molecular weight is 516 g/mol. The second-order valence-electron chi connectivity index (χ2n) is 9.87. The maximum atomic E-state index is 13.4. The van der Waals surface area contributed by atoms with Crippen molar-refractivity contribution < 1.29 is 24.2 Å². The Bertz CT molecular complexity index is 1330. The number of amides is 1. The van der Waals surface area contributed by atoms with Crippen molar-refractivity contribution in [2.45, 2.75) is 58.2 Å². The van der Waals surface area contributed by atoms with Gasteiger partial charge in [-0.1, -0.05) is 25.5 Å². The van der Waals surface area contributed by atoms with Crippen molar-refractivity contribution in [3.63, 3.8) is 0 Å². The van der Waals surface area contributed by atoms with E-state index < -0.39 is 17.7 Å². The number of rotatable bonds is 10. The van der Waals surface area contributed by atoms with Gasteiger partial charge in [-0.25, -0.2) is 4.98 Å². The van der Waals surface area contributed by atoms with Gasteiger partial charge in [0.05, 0.1) is 24.5 Å². The van der Waals surface area contributed by atoms with Gasteiger partial charge in [0.1, 0.15) is 23.4 Å². The molecule has 0 aliphatic carbocycles. The molecule has 0 bridgehead atoms. The monoisotopic (exact) mass is 515 g/mol. The van der Waals surface area contributed by atoms with Gasteiger partial charge in [0.2, 0.25) is 0 Å². The van der Waals surface area contributed by atoms with Crippen molar-refractivity contribution in [1.82, 2.24) is 14.5 Å². The number of aliphatic hydroxyl groups excluding tert-OH is 1. The first-order chi connectivity index (χ1) is 18.5. The van der Waals surface area contributed by atoms with Gasteiger partial charge in [0.15, 0.2) is 0 Å². The predicted molar refractivity (Wildman–Crippen MR) is 143 cm³/mol. The van der Waals surface area contributed by atoms with Gasteiger partial charge in [-0.3, -0.25) is 9.59 Å². The number of aromatic nitrogens is 2. The van der Waals surface area contributed by atoms with Crippen LogP contribution in [0.1, 0.15) is 55.8 Å². The predicted octanol–water partition coefficient (Wildman–Crippen LogP) is 4.90. The molecule has 1 fully saturated rings. The number of hydrogen-bond acceptors (Lipinski definition) is 6. The van der Waals surface area contributed by atoms with E-state index in [0.29, 0.717) is 31.7 Å². The smallest absolute Gasteiger partial charge is 0.295 e. The molecule has 1 saturated heterocycles. The van der Waals surface area contributed by atoms with Crippen molar-refractivity contribution >= 4 is 17.4 Å². The van der Waals surface area contributed by atoms with Gasteiger partial charge in [-0.05, 0) is 61.2 Å². The Hall–Kier alpha value is -4.07. The summed E-state index contributed by atoms with van der Waals surface area (Å²) in [4.78, 5) is 32.3. The number of carbonyl (C=O) groups is 2. The number of Topliss-reactive ketones (excluding diaryl/α,β-unsaturated/α-hetero) is 1. The molecule has 8 nitrogen and oxygen atoms in total. The number of imidazole rings is 1. The van der Waals surface area contributed by atoms with Crippen LogP contribution in [0, 0.1) is 0 Å². The third-order valence-electron chi connectivity index (χ3n) is 7.05. The van der Waals surface area contributed by atoms with Crippen LogP contribution in [-0.4, -0.2) is 50.5 Å². The Labute approximate surface area is 222 Å². The van der Waals surface area contributed by atoms with Gasteiger partial charge in [0, 0.05) is 37.5 Å². The summed E-state index contributed by atoms with van der Waals surface area (Å²) in [5.41, 5.74) is 2.32. The second kappa shape index (κ2) is 11.1. The van der Waals surface area contributed by atoms with Crippen LogP contribution < -0.4 is 9.47 Å². The molecule has 1 N–H and O–H groups in total. The van der Waals surface area contributed by atoms with Crippen LogP contribution >= 0.6 is 0 Å². The molecule has 3 heterocycles. The van der Waals surface area contributed by atoms with E-state index in [1.165, 1.54) is 0 Å². The molecular weight excluding hydrogens is 482 g/mol. The summed E-state index contributed by atoms with van der Waals surface area (Å²) in [5.74, 6) is 0.0550. The number of aliphatic hydroxyl groups is 1. The van der Waals surface area contributed by atoms with E-state index in [9.17, 15) is 14.7 Å². The molecule has 0 saturated carbocycles. The highest BCUT2D eigenvalue weighted by Gasteiger charge is 2.45. The second-order valence-corrected chi connectivity index (χ2v) is 9.87. The molecule has 1 aromatic heterocycles. The summed E-state index contributed by atoms with van der Waals surface area (Å²) < 4.78 is 13.5. The number of hydrogen-bond donors (Lipinski definition) is 1. The van der Waals surface area contributed by atoms with Gasteiger partial charge >= 0.3 is 0 Å². The van der Waals surface area contributed by atoms with Gasteiger partial charge in [-0.15, -0.1) is 0 Å². The molecule has 2 unspecified atom stereocenters. The van der Waals surface area contributed by atoms with Crippen LogP contribution in [0.3, 0.4) is 0 Å². The van der Waals surface area contributed by atoms with Crippen LogP contribution in [0.4, 0.5) is 0 Å². The zero-order valence-corrected chi connectivity index (χ0v) is 21.8. The third-order valence-corrected chi connectivity index (χ3v) is 7.05. The Kier molecular flexibility index (Phi) is 7.49. The third kappa shape index (κ3) is 5.16. The van der Waals surface area contributed by atoms with Crippen LogP contribution in [-0.2, 0) is 22.6 Å². The van der Waals surface area contributed by atoms with Crippen molar-refractivity contribution in [3.05, 3.63) is 83.4 Å². The van der Waals surface area contributed by atoms with E-state index in [0.717, 1.165) is 41.9 Å². The van der Waals surface area contributed by atoms with E-state index in [1.807, 2.05) is 54.1 Å². The summed E-state index contributed by atoms with van der Waals surface area (Å²) in [7, 11) is 0. The van der Waals surface area contributed by atoms with Gasteiger partial charge < -0.3 is 24.0 Å². The fourth-order valence-corrected chi connectivity index (χ4v) is 5.11. The normalized spacial score (nSPS) is 20.0. The summed E-state index contributed by atoms with van der Waals surface area (Å²) in [6.07, 6.45) is 8.71. The molecule has 1 amide bonds. The molecule has 2 atom stereocenters. The Morgan fingerprint density at radius 1 is 1.13 bits per heavy atom. The lowest BCUT2D eigenvalue weighted by Gasteiger charge is -2.25. The molecule has 198 valence electrons. The highest BCUT2D eigenvalue weighted by Crippen LogP contribution is 2.41. The fraction of sp³-hybridized carbons (Fsp3) is 0.367. The molecule has 0 spiro atoms. The minimum atomic E-state index is -0.703. The van der Waals surface area contributed by atoms with E-state index in [4.69, 9.17) is 9.47 Å². The first kappa shape index (κ1) is 25.6. The van der Waals surface area contributed by atoms with Crippen LogP contribution in [0.5, 0.6) is 11.5 Å². The molecule has 2 aliphatic rings. The molecule has 5 rings (SSSR count). The number of ketones is 1. The summed E-state index contributed by atoms with van der Waals surface area (Å²) in [6.45, 7) is 5.74. The quantitative estimate of drug-likeness (QED) is 0.179. The lowest BCUT2D eigenvalue weighted by Crippen LogP contribution is -2.31. The Morgan fingerprint density at radius 2 is 1.95 bits per heavy atom. The van der Waals surface area contributed by atoms with Crippen molar-refractivity contribution in [2.75, 3.05) is 13.2 Å². The maximum Gasteiger partial charge on any atom is 0.295 e. The van der Waals surface area contributed by atoms with E-state index in [2.05, 4.69) is 11.9 Å². The van der Waals surface area contributed by atoms with Crippen molar-refractivity contribution in [2.24, 2.45) is 0 Å². The molecule has 3 aromatic rings. The standard InChI is InChI=1S/C30H33N3O5/c1-3-4-16-37-24-9-6-21(7-10-24)27-26(28(34)22-8-11-25-23(18-22)17-20(2)38-25)29(35)30(36)33(27)14-5-13-32-15-12-31-19-32/h6-12,15,18-20,27,34H,3-5,13-14,16-17H2,1-2H3/b28-26+. The minimum Gasteiger partial charge on any atom is -0.507 e.